The predicted octanol–water partition coefficient (Wildman–Crippen LogP) is 5.01. The van der Waals surface area contributed by atoms with Crippen LogP contribution in [0.25, 0.3) is 0 Å². The van der Waals surface area contributed by atoms with Gasteiger partial charge in [-0.25, -0.2) is 4.21 Å². The third-order valence-electron chi connectivity index (χ3n) is 4.78. The highest BCUT2D eigenvalue weighted by atomic mass is 32.2. The second-order valence-corrected chi connectivity index (χ2v) is 8.07. The maximum absolute atomic E-state index is 13.1. The Balaban J connectivity index is 1.91. The Morgan fingerprint density at radius 2 is 1.56 bits per heavy atom. The standard InChI is InChI=1S/C23H24O3S/c1-16-8-14-20(15-9-16)27(25)22-7-5-4-6-21(22)17(2)23(24)18-10-12-19(26-3)13-11-18/h4-15,17,23-24H,1-3H3/t17-,23-,27?/m0/s1. The minimum absolute atomic E-state index is 0.205. The summed E-state index contributed by atoms with van der Waals surface area (Å²) in [4.78, 5) is 1.50. The molecule has 1 N–H and O–H groups in total. The Morgan fingerprint density at radius 1 is 0.926 bits per heavy atom. The summed E-state index contributed by atoms with van der Waals surface area (Å²) in [7, 11) is 0.319. The van der Waals surface area contributed by atoms with Gasteiger partial charge < -0.3 is 9.84 Å². The summed E-state index contributed by atoms with van der Waals surface area (Å²) >= 11 is 0. The summed E-state index contributed by atoms with van der Waals surface area (Å²) in [6, 6.07) is 22.7. The average Bonchev–Trinajstić information content (AvgIpc) is 2.73. The van der Waals surface area contributed by atoms with Crippen molar-refractivity contribution in [2.75, 3.05) is 7.11 Å². The first-order valence-electron chi connectivity index (χ1n) is 8.90. The van der Waals surface area contributed by atoms with Gasteiger partial charge in [-0.05, 0) is 48.4 Å². The van der Waals surface area contributed by atoms with Gasteiger partial charge in [-0.3, -0.25) is 0 Å². The first-order valence-corrected chi connectivity index (χ1v) is 10.1. The molecule has 4 heteroatoms. The monoisotopic (exact) mass is 380 g/mol. The molecule has 0 aliphatic heterocycles. The molecule has 0 aliphatic rings. The first kappa shape index (κ1) is 19.3. The number of hydrogen-bond donors (Lipinski definition) is 1. The van der Waals surface area contributed by atoms with E-state index in [1.54, 1.807) is 7.11 Å². The largest absolute Gasteiger partial charge is 0.497 e. The van der Waals surface area contributed by atoms with E-state index in [0.29, 0.717) is 0 Å². The van der Waals surface area contributed by atoms with Gasteiger partial charge >= 0.3 is 0 Å². The Labute approximate surface area is 163 Å². The molecule has 0 aliphatic carbocycles. The fraction of sp³-hybridized carbons (Fsp3) is 0.217. The van der Waals surface area contributed by atoms with E-state index in [4.69, 9.17) is 4.74 Å². The Morgan fingerprint density at radius 3 is 2.19 bits per heavy atom. The van der Waals surface area contributed by atoms with Crippen molar-refractivity contribution in [3.8, 4) is 5.75 Å². The molecular formula is C23H24O3S. The normalized spacial score (nSPS) is 14.4. The van der Waals surface area contributed by atoms with Crippen molar-refractivity contribution in [3.05, 3.63) is 89.5 Å². The van der Waals surface area contributed by atoms with Crippen molar-refractivity contribution < 1.29 is 14.1 Å². The van der Waals surface area contributed by atoms with Crippen molar-refractivity contribution in [2.24, 2.45) is 0 Å². The fourth-order valence-corrected chi connectivity index (χ4v) is 4.38. The summed E-state index contributed by atoms with van der Waals surface area (Å²) in [6.45, 7) is 3.97. The first-order chi connectivity index (χ1) is 13.0. The molecule has 0 aromatic heterocycles. The number of ether oxygens (including phenoxy) is 1. The molecule has 1 unspecified atom stereocenters. The van der Waals surface area contributed by atoms with Crippen molar-refractivity contribution >= 4 is 10.8 Å². The summed E-state index contributed by atoms with van der Waals surface area (Å²) in [5, 5.41) is 10.9. The zero-order valence-corrected chi connectivity index (χ0v) is 16.6. The lowest BCUT2D eigenvalue weighted by molar-refractivity contribution is 0.150. The van der Waals surface area contributed by atoms with Crippen LogP contribution in [0.5, 0.6) is 5.75 Å². The molecule has 0 fully saturated rings. The van der Waals surface area contributed by atoms with Crippen LogP contribution in [0.1, 0.15) is 35.6 Å². The minimum Gasteiger partial charge on any atom is -0.497 e. The van der Waals surface area contributed by atoms with Crippen LogP contribution in [-0.2, 0) is 10.8 Å². The smallest absolute Gasteiger partial charge is 0.118 e. The minimum atomic E-state index is -1.30. The van der Waals surface area contributed by atoms with E-state index in [9.17, 15) is 9.32 Å². The van der Waals surface area contributed by atoms with Crippen LogP contribution in [-0.4, -0.2) is 16.4 Å². The van der Waals surface area contributed by atoms with Gasteiger partial charge in [0.05, 0.1) is 24.0 Å². The summed E-state index contributed by atoms with van der Waals surface area (Å²) in [6.07, 6.45) is -0.702. The second-order valence-electron chi connectivity index (χ2n) is 6.63. The van der Waals surface area contributed by atoms with E-state index >= 15 is 0 Å². The van der Waals surface area contributed by atoms with Crippen LogP contribution in [0.4, 0.5) is 0 Å². The zero-order valence-electron chi connectivity index (χ0n) is 15.8. The molecule has 27 heavy (non-hydrogen) atoms. The van der Waals surface area contributed by atoms with E-state index < -0.39 is 16.9 Å². The Hall–Kier alpha value is -2.43. The Bertz CT molecular complexity index is 917. The van der Waals surface area contributed by atoms with Crippen LogP contribution in [0.15, 0.2) is 82.6 Å². The molecule has 3 rings (SSSR count). The topological polar surface area (TPSA) is 46.5 Å². The molecule has 0 bridgehead atoms. The zero-order chi connectivity index (χ0) is 19.4. The molecule has 0 heterocycles. The average molecular weight is 381 g/mol. The van der Waals surface area contributed by atoms with E-state index in [1.807, 2.05) is 86.6 Å². The number of benzene rings is 3. The highest BCUT2D eigenvalue weighted by Crippen LogP contribution is 2.35. The van der Waals surface area contributed by atoms with E-state index in [2.05, 4.69) is 0 Å². The maximum atomic E-state index is 13.1. The lowest BCUT2D eigenvalue weighted by Gasteiger charge is -2.22. The van der Waals surface area contributed by atoms with Gasteiger partial charge in [0, 0.05) is 15.7 Å². The number of aliphatic hydroxyl groups excluding tert-OH is 1. The van der Waals surface area contributed by atoms with Gasteiger partial charge in [-0.2, -0.15) is 0 Å². The van der Waals surface area contributed by atoms with Gasteiger partial charge in [0.2, 0.25) is 0 Å². The van der Waals surface area contributed by atoms with Crippen LogP contribution < -0.4 is 4.74 Å². The van der Waals surface area contributed by atoms with Crippen LogP contribution in [0.2, 0.25) is 0 Å². The van der Waals surface area contributed by atoms with Crippen molar-refractivity contribution in [1.29, 1.82) is 0 Å². The van der Waals surface area contributed by atoms with Crippen molar-refractivity contribution in [1.82, 2.24) is 0 Å². The molecule has 0 amide bonds. The molecule has 3 atom stereocenters. The third kappa shape index (κ3) is 4.29. The lowest BCUT2D eigenvalue weighted by Crippen LogP contribution is -2.11. The number of methoxy groups -OCH3 is 1. The number of hydrogen-bond acceptors (Lipinski definition) is 3. The van der Waals surface area contributed by atoms with Crippen molar-refractivity contribution in [3.63, 3.8) is 0 Å². The van der Waals surface area contributed by atoms with E-state index in [1.165, 1.54) is 0 Å². The second kappa shape index (κ2) is 8.51. The molecule has 140 valence electrons. The van der Waals surface area contributed by atoms with Gasteiger partial charge in [0.1, 0.15) is 5.75 Å². The third-order valence-corrected chi connectivity index (χ3v) is 6.25. The van der Waals surface area contributed by atoms with Crippen molar-refractivity contribution in [2.45, 2.75) is 35.7 Å². The van der Waals surface area contributed by atoms with Gasteiger partial charge in [0.25, 0.3) is 0 Å². The Kier molecular flexibility index (Phi) is 6.09. The molecule has 0 radical (unpaired) electrons. The summed E-state index contributed by atoms with van der Waals surface area (Å²) < 4.78 is 18.3. The summed E-state index contributed by atoms with van der Waals surface area (Å²) in [5.74, 6) is 0.545. The molecule has 3 aromatic rings. The van der Waals surface area contributed by atoms with Crippen LogP contribution in [0.3, 0.4) is 0 Å². The molecular weight excluding hydrogens is 356 g/mol. The molecule has 0 saturated heterocycles. The fourth-order valence-electron chi connectivity index (χ4n) is 3.07. The highest BCUT2D eigenvalue weighted by molar-refractivity contribution is 7.85. The molecule has 3 nitrogen and oxygen atoms in total. The van der Waals surface area contributed by atoms with Gasteiger partial charge in [-0.15, -0.1) is 0 Å². The molecule has 3 aromatic carbocycles. The van der Waals surface area contributed by atoms with Crippen LogP contribution >= 0.6 is 0 Å². The highest BCUT2D eigenvalue weighted by Gasteiger charge is 2.23. The van der Waals surface area contributed by atoms with Gasteiger partial charge in [-0.1, -0.05) is 55.0 Å². The molecule has 0 saturated carbocycles. The lowest BCUT2D eigenvalue weighted by atomic mass is 9.91. The van der Waals surface area contributed by atoms with E-state index in [0.717, 1.165) is 32.2 Å². The number of rotatable bonds is 6. The van der Waals surface area contributed by atoms with E-state index in [-0.39, 0.29) is 5.92 Å². The van der Waals surface area contributed by atoms with Gasteiger partial charge in [0.15, 0.2) is 0 Å². The SMILES string of the molecule is COc1ccc([C@@H](O)[C@@H](C)c2ccccc2S(=O)c2ccc(C)cc2)cc1. The maximum Gasteiger partial charge on any atom is 0.118 e. The quantitative estimate of drug-likeness (QED) is 0.654. The predicted molar refractivity (Wildman–Crippen MR) is 109 cm³/mol. The summed E-state index contributed by atoms with van der Waals surface area (Å²) in [5.41, 5.74) is 2.83. The van der Waals surface area contributed by atoms with Crippen LogP contribution in [0, 0.1) is 6.92 Å². The number of aryl methyl sites for hydroxylation is 1. The molecule has 0 spiro atoms. The number of aliphatic hydroxyl groups is 1.